The second kappa shape index (κ2) is 9.07. The van der Waals surface area contributed by atoms with Crippen molar-refractivity contribution in [3.8, 4) is 23.0 Å². The van der Waals surface area contributed by atoms with Crippen LogP contribution < -0.4 is 18.9 Å². The normalized spacial score (nSPS) is 21.1. The number of hydrogen-bond donors (Lipinski definition) is 0. The Morgan fingerprint density at radius 2 is 1.72 bits per heavy atom. The van der Waals surface area contributed by atoms with Crippen molar-refractivity contribution in [1.82, 2.24) is 0 Å². The molecule has 6 nitrogen and oxygen atoms in total. The van der Waals surface area contributed by atoms with E-state index >= 15 is 0 Å². The van der Waals surface area contributed by atoms with E-state index in [9.17, 15) is 0 Å². The number of benzene rings is 1. The van der Waals surface area contributed by atoms with E-state index < -0.39 is 5.79 Å². The lowest BCUT2D eigenvalue weighted by Gasteiger charge is -2.29. The van der Waals surface area contributed by atoms with E-state index in [1.807, 2.05) is 25.1 Å². The predicted molar refractivity (Wildman–Crippen MR) is 113 cm³/mol. The Morgan fingerprint density at radius 3 is 2.28 bits per heavy atom. The molecule has 158 valence electrons. The number of rotatable bonds is 9. The fraction of sp³-hybridized carbons (Fsp3) is 0.455. The van der Waals surface area contributed by atoms with Crippen LogP contribution in [0.5, 0.6) is 23.0 Å². The van der Waals surface area contributed by atoms with Crippen molar-refractivity contribution in [3.05, 3.63) is 46.2 Å². The summed E-state index contributed by atoms with van der Waals surface area (Å²) >= 11 is 1.63. The van der Waals surface area contributed by atoms with Gasteiger partial charge in [-0.2, -0.15) is 0 Å². The first-order chi connectivity index (χ1) is 14.0. The maximum Gasteiger partial charge on any atom is 0.208 e. The van der Waals surface area contributed by atoms with Crippen LogP contribution in [0.1, 0.15) is 34.3 Å². The quantitative estimate of drug-likeness (QED) is 0.532. The van der Waals surface area contributed by atoms with E-state index in [0.717, 1.165) is 27.5 Å². The van der Waals surface area contributed by atoms with Crippen LogP contribution in [0.15, 0.2) is 30.9 Å². The zero-order chi connectivity index (χ0) is 21.0. The molecular weight excluding hydrogens is 392 g/mol. The van der Waals surface area contributed by atoms with Crippen molar-refractivity contribution in [3.63, 3.8) is 0 Å². The molecule has 1 fully saturated rings. The van der Waals surface area contributed by atoms with Crippen molar-refractivity contribution in [2.24, 2.45) is 0 Å². The molecule has 7 heteroatoms. The maximum atomic E-state index is 6.56. The van der Waals surface area contributed by atoms with Crippen LogP contribution in [0.25, 0.3) is 0 Å². The molecule has 2 atom stereocenters. The fourth-order valence-corrected chi connectivity index (χ4v) is 4.73. The van der Waals surface area contributed by atoms with Crippen molar-refractivity contribution in [1.29, 1.82) is 0 Å². The van der Waals surface area contributed by atoms with E-state index in [0.29, 0.717) is 30.3 Å². The maximum absolute atomic E-state index is 6.56. The summed E-state index contributed by atoms with van der Waals surface area (Å²) in [6.45, 7) is 6.20. The van der Waals surface area contributed by atoms with Crippen LogP contribution in [-0.2, 0) is 15.3 Å². The Bertz CT molecular complexity index is 836. The minimum atomic E-state index is -0.885. The number of methoxy groups -OCH3 is 4. The number of hydrogen-bond acceptors (Lipinski definition) is 7. The summed E-state index contributed by atoms with van der Waals surface area (Å²) in [4.78, 5) is 2.08. The first-order valence-corrected chi connectivity index (χ1v) is 10.2. The topological polar surface area (TPSA) is 55.4 Å². The molecule has 1 aromatic heterocycles. The van der Waals surface area contributed by atoms with Gasteiger partial charge in [0.2, 0.25) is 11.5 Å². The molecule has 1 aliphatic heterocycles. The second-order valence-corrected chi connectivity index (χ2v) is 7.97. The highest BCUT2D eigenvalue weighted by molar-refractivity contribution is 7.12. The van der Waals surface area contributed by atoms with Crippen LogP contribution >= 0.6 is 11.3 Å². The molecule has 1 aromatic carbocycles. The van der Waals surface area contributed by atoms with Crippen molar-refractivity contribution < 1.29 is 28.4 Å². The summed E-state index contributed by atoms with van der Waals surface area (Å²) in [5.74, 6) is 1.64. The van der Waals surface area contributed by atoms with Crippen molar-refractivity contribution in [2.45, 2.75) is 31.7 Å². The lowest BCUT2D eigenvalue weighted by molar-refractivity contribution is -0.230. The summed E-state index contributed by atoms with van der Waals surface area (Å²) in [6, 6.07) is 5.86. The standard InChI is InChI=1S/C22H28O6S/c1-7-10-27-22(21-19(25-5)11-14(2)29-21)9-8-16(28-22)15-12-17(23-3)20(26-6)18(13-15)24-4/h7,11-13,16H,1,8-10H2,2-6H3. The summed E-state index contributed by atoms with van der Waals surface area (Å²) in [5.41, 5.74) is 0.941. The average molecular weight is 421 g/mol. The lowest BCUT2D eigenvalue weighted by atomic mass is 10.0. The van der Waals surface area contributed by atoms with Gasteiger partial charge in [-0.25, -0.2) is 0 Å². The summed E-state index contributed by atoms with van der Waals surface area (Å²) in [5, 5.41) is 0. The molecular formula is C22H28O6S. The Hall–Kier alpha value is -2.22. The minimum absolute atomic E-state index is 0.194. The molecule has 0 aliphatic carbocycles. The Labute approximate surface area is 175 Å². The van der Waals surface area contributed by atoms with Gasteiger partial charge < -0.3 is 28.4 Å². The minimum Gasteiger partial charge on any atom is -0.495 e. The monoisotopic (exact) mass is 420 g/mol. The van der Waals surface area contributed by atoms with Gasteiger partial charge >= 0.3 is 0 Å². The second-order valence-electron chi connectivity index (χ2n) is 6.71. The molecule has 1 aliphatic rings. The van der Waals surface area contributed by atoms with Crippen LogP contribution in [0.2, 0.25) is 0 Å². The molecule has 0 saturated carbocycles. The molecule has 29 heavy (non-hydrogen) atoms. The highest BCUT2D eigenvalue weighted by Crippen LogP contribution is 2.53. The largest absolute Gasteiger partial charge is 0.495 e. The van der Waals surface area contributed by atoms with Gasteiger partial charge in [0.25, 0.3) is 0 Å². The third kappa shape index (κ3) is 4.08. The SMILES string of the molecule is C=CCOC1(c2sc(C)cc2OC)CCC(c2cc(OC)c(OC)c(OC)c2)O1. The molecule has 0 amide bonds. The van der Waals surface area contributed by atoms with Gasteiger partial charge in [-0.1, -0.05) is 6.08 Å². The zero-order valence-electron chi connectivity index (χ0n) is 17.6. The van der Waals surface area contributed by atoms with Gasteiger partial charge in [0.05, 0.1) is 41.2 Å². The molecule has 0 N–H and O–H groups in total. The molecule has 2 aromatic rings. The molecule has 1 saturated heterocycles. The molecule has 2 unspecified atom stereocenters. The summed E-state index contributed by atoms with van der Waals surface area (Å²) < 4.78 is 34.8. The van der Waals surface area contributed by atoms with E-state index in [4.69, 9.17) is 28.4 Å². The Kier molecular flexibility index (Phi) is 6.72. The molecule has 3 rings (SSSR count). The smallest absolute Gasteiger partial charge is 0.208 e. The highest BCUT2D eigenvalue weighted by atomic mass is 32.1. The van der Waals surface area contributed by atoms with Gasteiger partial charge in [0.15, 0.2) is 11.5 Å². The number of aryl methyl sites for hydroxylation is 1. The highest BCUT2D eigenvalue weighted by Gasteiger charge is 2.46. The number of thiophene rings is 1. The van der Waals surface area contributed by atoms with Gasteiger partial charge in [-0.15, -0.1) is 17.9 Å². The first kappa shape index (κ1) is 21.5. The molecule has 0 bridgehead atoms. The third-order valence-electron chi connectivity index (χ3n) is 4.95. The van der Waals surface area contributed by atoms with Gasteiger partial charge in [-0.05, 0) is 37.1 Å². The molecule has 0 spiro atoms. The van der Waals surface area contributed by atoms with Gasteiger partial charge in [-0.3, -0.25) is 0 Å². The fourth-order valence-electron chi connectivity index (χ4n) is 3.63. The van der Waals surface area contributed by atoms with Crippen LogP contribution in [0.4, 0.5) is 0 Å². The van der Waals surface area contributed by atoms with E-state index in [-0.39, 0.29) is 6.10 Å². The van der Waals surface area contributed by atoms with E-state index in [1.54, 1.807) is 45.9 Å². The number of ether oxygens (including phenoxy) is 6. The van der Waals surface area contributed by atoms with Crippen molar-refractivity contribution in [2.75, 3.05) is 35.0 Å². The molecule has 0 radical (unpaired) electrons. The van der Waals surface area contributed by atoms with E-state index in [2.05, 4.69) is 6.58 Å². The van der Waals surface area contributed by atoms with Gasteiger partial charge in [0.1, 0.15) is 10.6 Å². The Balaban J connectivity index is 1.99. The molecule has 2 heterocycles. The summed E-state index contributed by atoms with van der Waals surface area (Å²) in [6.07, 6.45) is 3.00. The van der Waals surface area contributed by atoms with Gasteiger partial charge in [0, 0.05) is 11.3 Å². The van der Waals surface area contributed by atoms with Crippen LogP contribution in [0, 0.1) is 6.92 Å². The van der Waals surface area contributed by atoms with Crippen molar-refractivity contribution >= 4 is 11.3 Å². The summed E-state index contributed by atoms with van der Waals surface area (Å²) in [7, 11) is 6.46. The third-order valence-corrected chi connectivity index (χ3v) is 6.10. The predicted octanol–water partition coefficient (Wildman–Crippen LogP) is 5.00. The van der Waals surface area contributed by atoms with E-state index in [1.165, 1.54) is 0 Å². The average Bonchev–Trinajstić information content (AvgIpc) is 3.35. The van der Waals surface area contributed by atoms with Crippen LogP contribution in [-0.4, -0.2) is 35.0 Å². The Morgan fingerprint density at radius 1 is 1.07 bits per heavy atom. The first-order valence-electron chi connectivity index (χ1n) is 9.39. The zero-order valence-corrected chi connectivity index (χ0v) is 18.4. The lowest BCUT2D eigenvalue weighted by Crippen LogP contribution is -2.28. The van der Waals surface area contributed by atoms with Crippen LogP contribution in [0.3, 0.4) is 0 Å².